The summed E-state index contributed by atoms with van der Waals surface area (Å²) >= 11 is 0. The van der Waals surface area contributed by atoms with Gasteiger partial charge >= 0.3 is 0 Å². The second-order valence-corrected chi connectivity index (χ2v) is 6.10. The smallest absolute Gasteiger partial charge is 0.224 e. The van der Waals surface area contributed by atoms with Crippen LogP contribution in [0, 0.1) is 0 Å². The maximum Gasteiger partial charge on any atom is 0.224 e. The molecule has 2 N–H and O–H groups in total. The number of hydrogen-bond donors (Lipinski definition) is 1. The topological polar surface area (TPSA) is 55.0 Å². The van der Waals surface area contributed by atoms with Gasteiger partial charge in [0.15, 0.2) is 0 Å². The van der Waals surface area contributed by atoms with Crippen LogP contribution in [0.1, 0.15) is 51.0 Å². The number of nitrogens with two attached hydrogens (primary N) is 1. The van der Waals surface area contributed by atoms with E-state index in [-0.39, 0.29) is 5.54 Å². The third-order valence-electron chi connectivity index (χ3n) is 3.67. The molecule has 0 aliphatic heterocycles. The lowest BCUT2D eigenvalue weighted by molar-refractivity contribution is 0.417. The molecule has 1 aromatic heterocycles. The summed E-state index contributed by atoms with van der Waals surface area (Å²) in [6, 6.07) is 0. The molecule has 1 heterocycles. The van der Waals surface area contributed by atoms with E-state index in [2.05, 4.69) is 14.9 Å². The summed E-state index contributed by atoms with van der Waals surface area (Å²) in [6.45, 7) is 4.97. The van der Waals surface area contributed by atoms with E-state index in [0.29, 0.717) is 5.92 Å². The first-order chi connectivity index (χ1) is 8.46. The van der Waals surface area contributed by atoms with E-state index in [4.69, 9.17) is 5.73 Å². The second-order valence-electron chi connectivity index (χ2n) is 6.10. The van der Waals surface area contributed by atoms with Gasteiger partial charge in [0.05, 0.1) is 0 Å². The number of nitrogens with zero attached hydrogens (tertiary/aromatic N) is 3. The molecule has 1 fully saturated rings. The van der Waals surface area contributed by atoms with Gasteiger partial charge in [0, 0.05) is 31.5 Å². The van der Waals surface area contributed by atoms with Crippen molar-refractivity contribution in [3.8, 4) is 0 Å². The molecule has 0 atom stereocenters. The van der Waals surface area contributed by atoms with Crippen LogP contribution in [-0.2, 0) is 0 Å². The predicted molar refractivity (Wildman–Crippen MR) is 74.8 cm³/mol. The van der Waals surface area contributed by atoms with Crippen molar-refractivity contribution in [2.45, 2.75) is 51.0 Å². The summed E-state index contributed by atoms with van der Waals surface area (Å²) in [4.78, 5) is 11.0. The minimum absolute atomic E-state index is 0.139. The van der Waals surface area contributed by atoms with Crippen molar-refractivity contribution in [1.29, 1.82) is 0 Å². The number of anilines is 1. The first-order valence-electron chi connectivity index (χ1n) is 6.78. The van der Waals surface area contributed by atoms with Crippen LogP contribution in [-0.4, -0.2) is 29.1 Å². The first-order valence-corrected chi connectivity index (χ1v) is 6.78. The van der Waals surface area contributed by atoms with Crippen molar-refractivity contribution in [2.75, 3.05) is 18.5 Å². The molecule has 4 heteroatoms. The average Bonchev–Trinajstić information content (AvgIpc) is 2.23. The van der Waals surface area contributed by atoms with Crippen LogP contribution in [0.25, 0.3) is 0 Å². The van der Waals surface area contributed by atoms with E-state index < -0.39 is 0 Å². The molecular formula is C14H24N4. The van der Waals surface area contributed by atoms with Crippen LogP contribution in [0.4, 0.5) is 5.95 Å². The van der Waals surface area contributed by atoms with Gasteiger partial charge in [-0.05, 0) is 44.6 Å². The van der Waals surface area contributed by atoms with Crippen LogP contribution >= 0.6 is 0 Å². The first kappa shape index (κ1) is 13.3. The Morgan fingerprint density at radius 3 is 2.39 bits per heavy atom. The summed E-state index contributed by atoms with van der Waals surface area (Å²) in [7, 11) is 2.02. The van der Waals surface area contributed by atoms with Gasteiger partial charge < -0.3 is 10.6 Å². The Hall–Kier alpha value is -1.16. The summed E-state index contributed by atoms with van der Waals surface area (Å²) in [5.74, 6) is 1.50. The molecule has 18 heavy (non-hydrogen) atoms. The molecular weight excluding hydrogens is 224 g/mol. The van der Waals surface area contributed by atoms with E-state index in [1.807, 2.05) is 33.3 Å². The lowest BCUT2D eigenvalue weighted by Gasteiger charge is -2.26. The SMILES string of the molecule is CN(CCC(C)(C)N)c1ncc(C2CCC2)cn1. The Morgan fingerprint density at radius 1 is 1.33 bits per heavy atom. The van der Waals surface area contributed by atoms with Gasteiger partial charge in [0.1, 0.15) is 0 Å². The molecule has 0 unspecified atom stereocenters. The van der Waals surface area contributed by atoms with E-state index in [1.54, 1.807) is 0 Å². The van der Waals surface area contributed by atoms with Gasteiger partial charge in [0.2, 0.25) is 5.95 Å². The zero-order chi connectivity index (χ0) is 13.2. The Bertz CT molecular complexity index is 376. The zero-order valence-corrected chi connectivity index (χ0v) is 11.7. The van der Waals surface area contributed by atoms with Crippen molar-refractivity contribution in [3.05, 3.63) is 18.0 Å². The normalized spacial score (nSPS) is 16.4. The van der Waals surface area contributed by atoms with Crippen molar-refractivity contribution in [1.82, 2.24) is 9.97 Å². The van der Waals surface area contributed by atoms with Crippen LogP contribution < -0.4 is 10.6 Å². The summed E-state index contributed by atoms with van der Waals surface area (Å²) in [5.41, 5.74) is 7.13. The molecule has 4 nitrogen and oxygen atoms in total. The molecule has 1 aromatic rings. The van der Waals surface area contributed by atoms with Gasteiger partial charge in [-0.1, -0.05) is 6.42 Å². The van der Waals surface area contributed by atoms with Crippen LogP contribution in [0.2, 0.25) is 0 Å². The van der Waals surface area contributed by atoms with Crippen molar-refractivity contribution >= 4 is 5.95 Å². The van der Waals surface area contributed by atoms with Gasteiger partial charge in [-0.2, -0.15) is 0 Å². The summed E-state index contributed by atoms with van der Waals surface area (Å²) < 4.78 is 0. The predicted octanol–water partition coefficient (Wildman–Crippen LogP) is 2.31. The Morgan fingerprint density at radius 2 is 1.94 bits per heavy atom. The van der Waals surface area contributed by atoms with Crippen LogP contribution in [0.15, 0.2) is 12.4 Å². The molecule has 0 spiro atoms. The van der Waals surface area contributed by atoms with E-state index in [1.165, 1.54) is 24.8 Å². The minimum atomic E-state index is -0.139. The average molecular weight is 248 g/mol. The third-order valence-corrected chi connectivity index (χ3v) is 3.67. The number of hydrogen-bond acceptors (Lipinski definition) is 4. The lowest BCUT2D eigenvalue weighted by atomic mass is 9.81. The molecule has 0 saturated heterocycles. The molecule has 1 aliphatic rings. The fourth-order valence-corrected chi connectivity index (χ4v) is 2.04. The van der Waals surface area contributed by atoms with Crippen LogP contribution in [0.3, 0.4) is 0 Å². The zero-order valence-electron chi connectivity index (χ0n) is 11.7. The molecule has 1 aliphatic carbocycles. The number of aromatic nitrogens is 2. The maximum atomic E-state index is 5.98. The van der Waals surface area contributed by atoms with Crippen molar-refractivity contribution < 1.29 is 0 Å². The summed E-state index contributed by atoms with van der Waals surface area (Å²) in [5, 5.41) is 0. The minimum Gasteiger partial charge on any atom is -0.344 e. The third kappa shape index (κ3) is 3.42. The fourth-order valence-electron chi connectivity index (χ4n) is 2.04. The van der Waals surface area contributed by atoms with E-state index in [0.717, 1.165) is 18.9 Å². The van der Waals surface area contributed by atoms with Crippen molar-refractivity contribution in [3.63, 3.8) is 0 Å². The Labute approximate surface area is 110 Å². The maximum absolute atomic E-state index is 5.98. The van der Waals surface area contributed by atoms with E-state index >= 15 is 0 Å². The highest BCUT2D eigenvalue weighted by Gasteiger charge is 2.20. The molecule has 0 amide bonds. The molecule has 0 aromatic carbocycles. The van der Waals surface area contributed by atoms with Gasteiger partial charge in [0.25, 0.3) is 0 Å². The Kier molecular flexibility index (Phi) is 3.85. The van der Waals surface area contributed by atoms with Crippen LogP contribution in [0.5, 0.6) is 0 Å². The molecule has 2 rings (SSSR count). The second kappa shape index (κ2) is 5.22. The van der Waals surface area contributed by atoms with E-state index in [9.17, 15) is 0 Å². The molecule has 1 saturated carbocycles. The molecule has 100 valence electrons. The fraction of sp³-hybridized carbons (Fsp3) is 0.714. The highest BCUT2D eigenvalue weighted by Crippen LogP contribution is 2.35. The van der Waals surface area contributed by atoms with Gasteiger partial charge in [-0.25, -0.2) is 9.97 Å². The standard InChI is InChI=1S/C14H24N4/c1-14(2,15)7-8-18(3)13-16-9-12(10-17-13)11-5-4-6-11/h9-11H,4-8,15H2,1-3H3. The monoisotopic (exact) mass is 248 g/mol. The highest BCUT2D eigenvalue weighted by molar-refractivity contribution is 5.29. The van der Waals surface area contributed by atoms with Gasteiger partial charge in [-0.15, -0.1) is 0 Å². The number of rotatable bonds is 5. The van der Waals surface area contributed by atoms with Crippen molar-refractivity contribution in [2.24, 2.45) is 5.73 Å². The molecule has 0 radical (unpaired) electrons. The Balaban J connectivity index is 1.91. The van der Waals surface area contributed by atoms with Gasteiger partial charge in [-0.3, -0.25) is 0 Å². The highest BCUT2D eigenvalue weighted by atomic mass is 15.2. The largest absolute Gasteiger partial charge is 0.344 e. The summed E-state index contributed by atoms with van der Waals surface area (Å²) in [6.07, 6.45) is 8.82. The molecule has 0 bridgehead atoms. The quantitative estimate of drug-likeness (QED) is 0.868. The lowest BCUT2D eigenvalue weighted by Crippen LogP contribution is -2.36.